The molecule has 0 bridgehead atoms. The molecule has 0 radical (unpaired) electrons. The highest BCUT2D eigenvalue weighted by Crippen LogP contribution is 2.37. The van der Waals surface area contributed by atoms with Crippen molar-refractivity contribution in [1.29, 1.82) is 0 Å². The molecule has 12 aliphatic rings. The molecule has 48 N–H and O–H groups in total. The summed E-state index contributed by atoms with van der Waals surface area (Å²) >= 11 is 0. The van der Waals surface area contributed by atoms with Crippen LogP contribution in [0.3, 0.4) is 0 Å². The molecule has 12 heterocycles. The van der Waals surface area contributed by atoms with Crippen molar-refractivity contribution < 1.29 is 330 Å². The van der Waals surface area contributed by atoms with Crippen LogP contribution in [-0.2, 0) is 85.3 Å². The first kappa shape index (κ1) is 122. The Morgan fingerprint density at radius 2 is 0.152 bits per heavy atom. The largest absolute Gasteiger partial charge is 0.394 e. The van der Waals surface area contributed by atoms with Crippen molar-refractivity contribution in [2.75, 3.05) is 79.3 Å². The summed E-state index contributed by atoms with van der Waals surface area (Å²) in [5.74, 6) is 0. The lowest BCUT2D eigenvalue weighted by atomic mass is 9.98. The molecule has 0 aliphatic carbocycles. The first-order valence-corrected chi connectivity index (χ1v) is 42.5. The molecule has 138 heavy (non-hydrogen) atoms. The van der Waals surface area contributed by atoms with E-state index < -0.39 is 448 Å². The lowest BCUT2D eigenvalue weighted by molar-refractivity contribution is -0.376. The number of aliphatic hydroxyl groups excluding tert-OH is 48. The Hall–Kier alpha value is -2.64. The minimum atomic E-state index is -1.72. The van der Waals surface area contributed by atoms with E-state index in [9.17, 15) is 184 Å². The van der Waals surface area contributed by atoms with Crippen LogP contribution in [0, 0.1) is 0 Å². The predicted octanol–water partition coefficient (Wildman–Crippen LogP) is -32.4. The van der Waals surface area contributed by atoms with Crippen LogP contribution in [-0.4, -0.2) is 693 Å². The van der Waals surface area contributed by atoms with E-state index in [-0.39, 0.29) is 0 Å². The Morgan fingerprint density at radius 1 is 0.0942 bits per heavy atom. The van der Waals surface area contributed by atoms with Gasteiger partial charge in [-0.1, -0.05) is 0 Å². The van der Waals surface area contributed by atoms with Crippen LogP contribution < -0.4 is 0 Å². The second-order valence-corrected chi connectivity index (χ2v) is 33.2. The SMILES string of the molecule is OC[C@H]1O[C@H](O[C@H]2O[C@H](CO)[C@@H](O)[C@H](O)[C@H]2O)[C@H](O)[C@@H](O)[C@@H]1O.OC[C@H]1O[C@H](O[C@H]2O[C@H](CO)[C@@H](O)[C@H](O)[C@H]2O)[C@H](O)[C@@H](O)[C@@H]1O.OC[C@H]1O[C@H](O[C@H]2O[C@H](CO)[C@@H](O)[C@H](O)[C@H]2O)[C@H](O)[C@@H](O)[C@@H]1O.OC[C@H]1O[C@H](O[C@H]2O[C@H](CO)[C@@H](O)[C@H](O)[C@H]2O)[C@H](O)[C@@H](O)[C@@H]1O.OC[C@H]1O[C@H](O[C@H]2O[C@H](CO)[C@@H](O)[C@H](O)[C@H]2O)[C@H](O)[C@@H](O)[C@@H]1O.OC[C@H]1O[C@H](O[C@H]2O[C@H](CO)[C@@H](O)[C@H](O)[C@H]2O)[C@H](O)[C@@H](O)[C@@H]1O. The van der Waals surface area contributed by atoms with Crippen LogP contribution >= 0.6 is 0 Å². The molecular weight excluding hydrogens is 1920 g/mol. The van der Waals surface area contributed by atoms with Gasteiger partial charge in [0.05, 0.1) is 79.3 Å². The van der Waals surface area contributed by atoms with Crippen LogP contribution in [0.25, 0.3) is 0 Å². The Bertz CT molecular complexity index is 2610. The molecule has 0 aromatic heterocycles. The van der Waals surface area contributed by atoms with Gasteiger partial charge >= 0.3 is 0 Å². The van der Waals surface area contributed by atoms with Crippen molar-refractivity contribution in [2.24, 2.45) is 0 Å². The van der Waals surface area contributed by atoms with Crippen molar-refractivity contribution >= 4 is 0 Å². The van der Waals surface area contributed by atoms with Gasteiger partial charge in [-0.05, 0) is 0 Å². The molecule has 66 heteroatoms. The Balaban J connectivity index is 0.000000225. The van der Waals surface area contributed by atoms with Gasteiger partial charge < -0.3 is 330 Å². The molecule has 0 aromatic carbocycles. The number of hydrogen-bond acceptors (Lipinski definition) is 66. The third kappa shape index (κ3) is 28.7. The van der Waals surface area contributed by atoms with Gasteiger partial charge in [0, 0.05) is 0 Å². The van der Waals surface area contributed by atoms with Crippen LogP contribution in [0.5, 0.6) is 0 Å². The van der Waals surface area contributed by atoms with E-state index in [2.05, 4.69) is 0 Å². The van der Waals surface area contributed by atoms with Gasteiger partial charge in [-0.2, -0.15) is 0 Å². The van der Waals surface area contributed by atoms with E-state index in [1.54, 1.807) is 0 Å². The zero-order valence-corrected chi connectivity index (χ0v) is 71.9. The van der Waals surface area contributed by atoms with Crippen LogP contribution in [0.15, 0.2) is 0 Å². The fraction of sp³-hybridized carbons (Fsp3) is 1.00. The van der Waals surface area contributed by atoms with Crippen molar-refractivity contribution in [2.45, 2.75) is 368 Å². The van der Waals surface area contributed by atoms with Gasteiger partial charge in [-0.3, -0.25) is 0 Å². The molecule has 0 saturated carbocycles. The molecular formula is C72H132O66. The molecule has 66 nitrogen and oxygen atoms in total. The second kappa shape index (κ2) is 55.6. The molecule has 0 aromatic rings. The van der Waals surface area contributed by atoms with Crippen molar-refractivity contribution in [3.05, 3.63) is 0 Å². The molecule has 12 fully saturated rings. The third-order valence-corrected chi connectivity index (χ3v) is 23.8. The smallest absolute Gasteiger partial charge is 0.189 e. The average molecular weight is 2050 g/mol. The molecule has 12 rings (SSSR count). The first-order chi connectivity index (χ1) is 64.9. The summed E-state index contributed by atoms with van der Waals surface area (Å²) in [4.78, 5) is 0. The summed E-state index contributed by atoms with van der Waals surface area (Å²) in [7, 11) is 0. The number of rotatable bonds is 24. The summed E-state index contributed by atoms with van der Waals surface area (Å²) in [6.07, 6.45) is -93.5. The quantitative estimate of drug-likeness (QED) is 0.0427. The highest BCUT2D eigenvalue weighted by atomic mass is 16.8. The zero-order chi connectivity index (χ0) is 104. The van der Waals surface area contributed by atoms with E-state index in [0.29, 0.717) is 0 Å². The standard InChI is InChI=1S/6C12H22O11/c6*13-1-3-5(15)7(17)9(19)11(21-3)23-12-10(20)8(18)6(16)4(2-14)22-12/h6*3-20H,1-2H2/t6*3-,4-,5-,6-,7+,8+,9-,10-,11-,12-/m111111/s1. The summed E-state index contributed by atoms with van der Waals surface area (Å²) in [6.45, 7) is -8.01. The van der Waals surface area contributed by atoms with Crippen LogP contribution in [0.4, 0.5) is 0 Å². The lowest BCUT2D eigenvalue weighted by Gasteiger charge is -2.44. The minimum absolute atomic E-state index is 0.667. The summed E-state index contributed by atoms with van der Waals surface area (Å²) < 4.78 is 91.9. The monoisotopic (exact) mass is 2050 g/mol. The maximum absolute atomic E-state index is 9.84. The molecule has 60 atom stereocenters. The van der Waals surface area contributed by atoms with Crippen molar-refractivity contribution in [3.8, 4) is 0 Å². The number of aliphatic hydroxyl groups is 48. The fourth-order valence-corrected chi connectivity index (χ4v) is 15.0. The van der Waals surface area contributed by atoms with Crippen molar-refractivity contribution in [3.63, 3.8) is 0 Å². The van der Waals surface area contributed by atoms with Crippen LogP contribution in [0.1, 0.15) is 0 Å². The van der Waals surface area contributed by atoms with E-state index in [1.807, 2.05) is 0 Å². The molecule has 816 valence electrons. The van der Waals surface area contributed by atoms with E-state index in [4.69, 9.17) is 147 Å². The molecule has 12 saturated heterocycles. The van der Waals surface area contributed by atoms with E-state index in [0.717, 1.165) is 0 Å². The normalized spacial score (nSPS) is 51.7. The molecule has 0 amide bonds. The topological polar surface area (TPSA) is 1140 Å². The number of hydrogen-bond donors (Lipinski definition) is 48. The van der Waals surface area contributed by atoms with Crippen molar-refractivity contribution in [1.82, 2.24) is 0 Å². The summed E-state index contributed by atoms with van der Waals surface area (Å²) in [6, 6.07) is 0. The third-order valence-electron chi connectivity index (χ3n) is 23.8. The van der Waals surface area contributed by atoms with E-state index in [1.165, 1.54) is 0 Å². The van der Waals surface area contributed by atoms with Gasteiger partial charge in [0.1, 0.15) is 293 Å². The minimum Gasteiger partial charge on any atom is -0.394 e. The molecule has 12 aliphatic heterocycles. The Labute approximate surface area is 776 Å². The average Bonchev–Trinajstić information content (AvgIpc) is 0.805. The molecule has 0 spiro atoms. The summed E-state index contributed by atoms with van der Waals surface area (Å²) in [5.41, 5.74) is 0. The highest BCUT2D eigenvalue weighted by molar-refractivity contribution is 5.01. The predicted molar refractivity (Wildman–Crippen MR) is 412 cm³/mol. The van der Waals surface area contributed by atoms with Gasteiger partial charge in [0.25, 0.3) is 0 Å². The zero-order valence-electron chi connectivity index (χ0n) is 71.9. The molecule has 0 unspecified atom stereocenters. The van der Waals surface area contributed by atoms with Gasteiger partial charge in [-0.15, -0.1) is 0 Å². The fourth-order valence-electron chi connectivity index (χ4n) is 15.0. The van der Waals surface area contributed by atoms with Gasteiger partial charge in [0.15, 0.2) is 75.5 Å². The van der Waals surface area contributed by atoms with Gasteiger partial charge in [-0.25, -0.2) is 0 Å². The van der Waals surface area contributed by atoms with Gasteiger partial charge in [0.2, 0.25) is 0 Å². The highest BCUT2D eigenvalue weighted by Gasteiger charge is 2.58. The number of ether oxygens (including phenoxy) is 18. The maximum Gasteiger partial charge on any atom is 0.189 e. The first-order valence-electron chi connectivity index (χ1n) is 42.5. The van der Waals surface area contributed by atoms with E-state index >= 15 is 0 Å². The lowest BCUT2D eigenvalue weighted by Crippen LogP contribution is -2.63. The maximum atomic E-state index is 9.84. The second-order valence-electron chi connectivity index (χ2n) is 33.2. The summed E-state index contributed by atoms with van der Waals surface area (Å²) in [5, 5.41) is 459. The Kier molecular flexibility index (Phi) is 49.2. The Morgan fingerprint density at radius 3 is 0.203 bits per heavy atom. The van der Waals surface area contributed by atoms with Crippen LogP contribution in [0.2, 0.25) is 0 Å².